The minimum Gasteiger partial charge on any atom is -0.360 e. The molecule has 2 aromatic rings. The number of nitrogens with zero attached hydrogens (tertiary/aromatic N) is 3. The number of aromatic nitrogens is 2. The maximum absolute atomic E-state index is 12.9. The molecular formula is C16H21FN4. The summed E-state index contributed by atoms with van der Waals surface area (Å²) in [7, 11) is 2.03. The summed E-state index contributed by atoms with van der Waals surface area (Å²) in [6, 6.07) is 8.13. The van der Waals surface area contributed by atoms with E-state index >= 15 is 0 Å². The second-order valence-corrected chi connectivity index (χ2v) is 5.07. The van der Waals surface area contributed by atoms with Gasteiger partial charge in [-0.1, -0.05) is 13.3 Å². The Balaban J connectivity index is 2.16. The fourth-order valence-corrected chi connectivity index (χ4v) is 2.00. The molecule has 1 heterocycles. The van der Waals surface area contributed by atoms with Crippen molar-refractivity contribution in [1.29, 1.82) is 0 Å². The summed E-state index contributed by atoms with van der Waals surface area (Å²) in [5.74, 6) is 2.06. The Morgan fingerprint density at radius 1 is 1.19 bits per heavy atom. The van der Waals surface area contributed by atoms with Crippen LogP contribution in [0.4, 0.5) is 21.7 Å². The van der Waals surface area contributed by atoms with E-state index in [9.17, 15) is 4.39 Å². The molecule has 112 valence electrons. The molecule has 0 fully saturated rings. The van der Waals surface area contributed by atoms with E-state index in [1.54, 1.807) is 12.1 Å². The van der Waals surface area contributed by atoms with E-state index in [0.717, 1.165) is 30.9 Å². The zero-order valence-corrected chi connectivity index (χ0v) is 12.7. The number of hydrogen-bond donors (Lipinski definition) is 1. The van der Waals surface area contributed by atoms with Crippen molar-refractivity contribution in [1.82, 2.24) is 9.97 Å². The molecule has 5 heteroatoms. The predicted molar refractivity (Wildman–Crippen MR) is 84.6 cm³/mol. The first-order chi connectivity index (χ1) is 10.1. The molecule has 1 aromatic carbocycles. The summed E-state index contributed by atoms with van der Waals surface area (Å²) < 4.78 is 12.9. The highest BCUT2D eigenvalue weighted by Crippen LogP contribution is 2.19. The lowest BCUT2D eigenvalue weighted by molar-refractivity contribution is 0.628. The number of aryl methyl sites for hydroxylation is 1. The number of benzene rings is 1. The average Bonchev–Trinajstić information content (AvgIpc) is 2.46. The smallest absolute Gasteiger partial charge is 0.136 e. The van der Waals surface area contributed by atoms with Crippen molar-refractivity contribution in [2.75, 3.05) is 23.8 Å². The first kappa shape index (κ1) is 15.2. The third-order valence-electron chi connectivity index (χ3n) is 3.18. The predicted octanol–water partition coefficient (Wildman–Crippen LogP) is 3.90. The standard InChI is InChI=1S/C16H21FN4/c1-4-5-10-21(3)16-11-15(18-12(2)19-16)20-14-8-6-13(17)7-9-14/h6-9,11H,4-5,10H2,1-3H3,(H,18,19,20). The third-order valence-corrected chi connectivity index (χ3v) is 3.18. The SMILES string of the molecule is CCCCN(C)c1cc(Nc2ccc(F)cc2)nc(C)n1. The first-order valence-corrected chi connectivity index (χ1v) is 7.18. The highest BCUT2D eigenvalue weighted by molar-refractivity contribution is 5.59. The summed E-state index contributed by atoms with van der Waals surface area (Å²) in [6.07, 6.45) is 2.27. The fraction of sp³-hybridized carbons (Fsp3) is 0.375. The second-order valence-electron chi connectivity index (χ2n) is 5.07. The zero-order valence-electron chi connectivity index (χ0n) is 12.7. The van der Waals surface area contributed by atoms with Crippen molar-refractivity contribution in [3.63, 3.8) is 0 Å². The van der Waals surface area contributed by atoms with Gasteiger partial charge in [0.05, 0.1) is 0 Å². The highest BCUT2D eigenvalue weighted by atomic mass is 19.1. The van der Waals surface area contributed by atoms with Crippen LogP contribution in [0.2, 0.25) is 0 Å². The molecule has 4 nitrogen and oxygen atoms in total. The van der Waals surface area contributed by atoms with Gasteiger partial charge in [-0.2, -0.15) is 0 Å². The Hall–Kier alpha value is -2.17. The molecule has 0 radical (unpaired) electrons. The number of anilines is 3. The minimum atomic E-state index is -0.251. The van der Waals surface area contributed by atoms with Crippen LogP contribution in [0.25, 0.3) is 0 Å². The van der Waals surface area contributed by atoms with Gasteiger partial charge in [0.25, 0.3) is 0 Å². The number of nitrogens with one attached hydrogen (secondary N) is 1. The van der Waals surface area contributed by atoms with E-state index in [-0.39, 0.29) is 5.82 Å². The minimum absolute atomic E-state index is 0.251. The third kappa shape index (κ3) is 4.41. The molecule has 0 aliphatic heterocycles. The number of hydrogen-bond acceptors (Lipinski definition) is 4. The molecule has 0 atom stereocenters. The topological polar surface area (TPSA) is 41.0 Å². The lowest BCUT2D eigenvalue weighted by atomic mass is 10.3. The van der Waals surface area contributed by atoms with Crippen molar-refractivity contribution in [2.45, 2.75) is 26.7 Å². The van der Waals surface area contributed by atoms with Crippen molar-refractivity contribution >= 4 is 17.3 Å². The quantitative estimate of drug-likeness (QED) is 0.875. The number of halogens is 1. The fourth-order valence-electron chi connectivity index (χ4n) is 2.00. The van der Waals surface area contributed by atoms with Gasteiger partial charge in [-0.25, -0.2) is 14.4 Å². The Morgan fingerprint density at radius 2 is 1.90 bits per heavy atom. The number of rotatable bonds is 6. The zero-order chi connectivity index (χ0) is 15.2. The Morgan fingerprint density at radius 3 is 2.57 bits per heavy atom. The maximum Gasteiger partial charge on any atom is 0.136 e. The van der Waals surface area contributed by atoms with Crippen LogP contribution in [-0.4, -0.2) is 23.6 Å². The van der Waals surface area contributed by atoms with Crippen LogP contribution in [0.1, 0.15) is 25.6 Å². The van der Waals surface area contributed by atoms with E-state index in [0.29, 0.717) is 11.6 Å². The van der Waals surface area contributed by atoms with E-state index in [1.165, 1.54) is 12.1 Å². The largest absolute Gasteiger partial charge is 0.360 e. The van der Waals surface area contributed by atoms with E-state index < -0.39 is 0 Å². The van der Waals surface area contributed by atoms with Gasteiger partial charge >= 0.3 is 0 Å². The molecule has 1 aromatic heterocycles. The van der Waals surface area contributed by atoms with Gasteiger partial charge in [-0.05, 0) is 37.6 Å². The summed E-state index contributed by atoms with van der Waals surface area (Å²) in [5.41, 5.74) is 0.802. The molecule has 0 saturated heterocycles. The molecular weight excluding hydrogens is 267 g/mol. The molecule has 0 aliphatic carbocycles. The molecule has 0 saturated carbocycles. The highest BCUT2D eigenvalue weighted by Gasteiger charge is 2.06. The molecule has 21 heavy (non-hydrogen) atoms. The molecule has 0 aliphatic rings. The van der Waals surface area contributed by atoms with Crippen LogP contribution in [0.3, 0.4) is 0 Å². The molecule has 1 N–H and O–H groups in total. The van der Waals surface area contributed by atoms with Gasteiger partial charge in [0.2, 0.25) is 0 Å². The Labute approximate surface area is 125 Å². The van der Waals surface area contributed by atoms with Crippen molar-refractivity contribution in [2.24, 2.45) is 0 Å². The van der Waals surface area contributed by atoms with Crippen molar-refractivity contribution in [3.8, 4) is 0 Å². The second kappa shape index (κ2) is 7.02. The van der Waals surface area contributed by atoms with Crippen LogP contribution < -0.4 is 10.2 Å². The van der Waals surface area contributed by atoms with Crippen molar-refractivity contribution in [3.05, 3.63) is 42.0 Å². The molecule has 2 rings (SSSR count). The summed E-state index contributed by atoms with van der Waals surface area (Å²) >= 11 is 0. The van der Waals surface area contributed by atoms with E-state index in [1.807, 2.05) is 20.0 Å². The summed E-state index contributed by atoms with van der Waals surface area (Å²) in [5, 5.41) is 3.18. The van der Waals surface area contributed by atoms with Gasteiger partial charge in [0.15, 0.2) is 0 Å². The monoisotopic (exact) mass is 288 g/mol. The maximum atomic E-state index is 12.9. The molecule has 0 unspecified atom stereocenters. The van der Waals surface area contributed by atoms with Gasteiger partial charge in [0, 0.05) is 25.3 Å². The van der Waals surface area contributed by atoms with Gasteiger partial charge in [-0.15, -0.1) is 0 Å². The molecule has 0 amide bonds. The lowest BCUT2D eigenvalue weighted by Crippen LogP contribution is -2.20. The molecule has 0 spiro atoms. The molecule has 0 bridgehead atoms. The van der Waals surface area contributed by atoms with Gasteiger partial charge in [-0.3, -0.25) is 0 Å². The first-order valence-electron chi connectivity index (χ1n) is 7.18. The summed E-state index contributed by atoms with van der Waals surface area (Å²) in [6.45, 7) is 5.00. The van der Waals surface area contributed by atoms with Gasteiger partial charge < -0.3 is 10.2 Å². The van der Waals surface area contributed by atoms with Crippen LogP contribution in [0.15, 0.2) is 30.3 Å². The summed E-state index contributed by atoms with van der Waals surface area (Å²) in [4.78, 5) is 10.9. The average molecular weight is 288 g/mol. The van der Waals surface area contributed by atoms with E-state index in [4.69, 9.17) is 0 Å². The van der Waals surface area contributed by atoms with E-state index in [2.05, 4.69) is 27.1 Å². The normalized spacial score (nSPS) is 10.5. The number of unbranched alkanes of at least 4 members (excludes halogenated alkanes) is 1. The Bertz CT molecular complexity index is 583. The van der Waals surface area contributed by atoms with Crippen LogP contribution in [0.5, 0.6) is 0 Å². The van der Waals surface area contributed by atoms with Gasteiger partial charge in [0.1, 0.15) is 23.3 Å². The van der Waals surface area contributed by atoms with Crippen molar-refractivity contribution < 1.29 is 4.39 Å². The van der Waals surface area contributed by atoms with Crippen LogP contribution in [-0.2, 0) is 0 Å². The lowest BCUT2D eigenvalue weighted by Gasteiger charge is -2.19. The van der Waals surface area contributed by atoms with Crippen LogP contribution >= 0.6 is 0 Å². The van der Waals surface area contributed by atoms with Crippen LogP contribution in [0, 0.1) is 12.7 Å². The Kier molecular flexibility index (Phi) is 5.09.